The standard InChI is InChI=1S/C28H40O2/c1-17-15-23-26(4,24(30)16-17)12-14-27(5)22-10-7-19-18(2)21(29)9-8-20(19)25(22,3)11-13-28(23,27)6/h7-10,17,22-24,29-30H,11-16H2,1-6H3. The molecular formula is C28H40O2. The van der Waals surface area contributed by atoms with Crippen LogP contribution in [0.15, 0.2) is 18.2 Å². The lowest BCUT2D eigenvalue weighted by molar-refractivity contribution is -0.219. The maximum Gasteiger partial charge on any atom is 0.119 e. The fourth-order valence-electron chi connectivity index (χ4n) is 8.89. The zero-order valence-corrected chi connectivity index (χ0v) is 19.8. The third-order valence-electron chi connectivity index (χ3n) is 11.2. The third kappa shape index (κ3) is 2.30. The molecule has 3 saturated carbocycles. The zero-order valence-electron chi connectivity index (χ0n) is 19.8. The smallest absolute Gasteiger partial charge is 0.119 e. The van der Waals surface area contributed by atoms with Gasteiger partial charge in [-0.1, -0.05) is 52.8 Å². The second-order valence-corrected chi connectivity index (χ2v) is 12.4. The van der Waals surface area contributed by atoms with Crippen LogP contribution in [0.4, 0.5) is 0 Å². The van der Waals surface area contributed by atoms with Crippen LogP contribution in [0.2, 0.25) is 0 Å². The van der Waals surface area contributed by atoms with E-state index in [1.165, 1.54) is 36.8 Å². The van der Waals surface area contributed by atoms with E-state index in [-0.39, 0.29) is 27.8 Å². The molecule has 4 aliphatic rings. The van der Waals surface area contributed by atoms with E-state index in [9.17, 15) is 10.2 Å². The lowest BCUT2D eigenvalue weighted by Gasteiger charge is -2.71. The van der Waals surface area contributed by atoms with Gasteiger partial charge in [-0.2, -0.15) is 0 Å². The summed E-state index contributed by atoms with van der Waals surface area (Å²) < 4.78 is 0. The van der Waals surface area contributed by atoms with Crippen LogP contribution in [0.25, 0.3) is 6.08 Å². The third-order valence-corrected chi connectivity index (χ3v) is 11.2. The molecule has 4 aliphatic carbocycles. The van der Waals surface area contributed by atoms with Crippen LogP contribution in [0.3, 0.4) is 0 Å². The summed E-state index contributed by atoms with van der Waals surface area (Å²) in [5, 5.41) is 21.4. The molecule has 0 spiro atoms. The Morgan fingerprint density at radius 1 is 0.933 bits per heavy atom. The van der Waals surface area contributed by atoms with Gasteiger partial charge in [-0.3, -0.25) is 0 Å². The summed E-state index contributed by atoms with van der Waals surface area (Å²) >= 11 is 0. The van der Waals surface area contributed by atoms with Crippen LogP contribution in [-0.2, 0) is 5.41 Å². The number of phenols is 1. The van der Waals surface area contributed by atoms with Gasteiger partial charge in [0.15, 0.2) is 0 Å². The fraction of sp³-hybridized carbons (Fsp3) is 0.714. The normalized spacial score (nSPS) is 49.6. The van der Waals surface area contributed by atoms with Gasteiger partial charge in [-0.15, -0.1) is 0 Å². The van der Waals surface area contributed by atoms with Crippen molar-refractivity contribution in [3.8, 4) is 5.75 Å². The maximum atomic E-state index is 11.2. The highest BCUT2D eigenvalue weighted by Gasteiger charge is 2.68. The second-order valence-electron chi connectivity index (χ2n) is 12.4. The number of allylic oxidation sites excluding steroid dienone is 1. The summed E-state index contributed by atoms with van der Waals surface area (Å²) in [6, 6.07) is 4.10. The summed E-state index contributed by atoms with van der Waals surface area (Å²) in [5.74, 6) is 2.10. The number of hydrogen-bond acceptors (Lipinski definition) is 2. The Morgan fingerprint density at radius 2 is 1.63 bits per heavy atom. The van der Waals surface area contributed by atoms with Crippen molar-refractivity contribution in [3.63, 3.8) is 0 Å². The summed E-state index contributed by atoms with van der Waals surface area (Å²) in [4.78, 5) is 0. The molecule has 164 valence electrons. The highest BCUT2D eigenvalue weighted by Crippen LogP contribution is 2.74. The highest BCUT2D eigenvalue weighted by molar-refractivity contribution is 5.66. The molecule has 0 aromatic heterocycles. The monoisotopic (exact) mass is 408 g/mol. The predicted octanol–water partition coefficient (Wildman–Crippen LogP) is 6.61. The number of benzene rings is 1. The summed E-state index contributed by atoms with van der Waals surface area (Å²) in [6.07, 6.45) is 11.6. The van der Waals surface area contributed by atoms with Crippen molar-refractivity contribution in [1.82, 2.24) is 0 Å². The van der Waals surface area contributed by atoms with E-state index < -0.39 is 0 Å². The van der Waals surface area contributed by atoms with E-state index in [2.05, 4.69) is 52.8 Å². The fourth-order valence-corrected chi connectivity index (χ4v) is 8.89. The van der Waals surface area contributed by atoms with E-state index in [4.69, 9.17) is 0 Å². The number of aliphatic hydroxyl groups excluding tert-OH is 1. The molecule has 0 radical (unpaired) electrons. The van der Waals surface area contributed by atoms with Gasteiger partial charge in [0.2, 0.25) is 0 Å². The largest absolute Gasteiger partial charge is 0.508 e. The second kappa shape index (κ2) is 6.15. The Hall–Kier alpha value is -1.28. The molecule has 1 aromatic carbocycles. The molecule has 2 heteroatoms. The van der Waals surface area contributed by atoms with E-state index in [1.54, 1.807) is 0 Å². The van der Waals surface area contributed by atoms with Crippen molar-refractivity contribution in [3.05, 3.63) is 34.9 Å². The molecular weight excluding hydrogens is 368 g/mol. The minimum atomic E-state index is -0.158. The van der Waals surface area contributed by atoms with Gasteiger partial charge < -0.3 is 10.2 Å². The Bertz CT molecular complexity index is 917. The van der Waals surface area contributed by atoms with Gasteiger partial charge in [-0.05, 0) is 108 Å². The molecule has 0 bridgehead atoms. The van der Waals surface area contributed by atoms with Gasteiger partial charge in [-0.25, -0.2) is 0 Å². The van der Waals surface area contributed by atoms with Gasteiger partial charge in [0.1, 0.15) is 5.75 Å². The van der Waals surface area contributed by atoms with Crippen molar-refractivity contribution in [2.24, 2.45) is 34.0 Å². The van der Waals surface area contributed by atoms with Crippen LogP contribution in [-0.4, -0.2) is 16.3 Å². The first-order chi connectivity index (χ1) is 14.0. The molecule has 1 aromatic rings. The molecule has 8 unspecified atom stereocenters. The number of rotatable bonds is 0. The van der Waals surface area contributed by atoms with Crippen LogP contribution < -0.4 is 0 Å². The molecule has 0 heterocycles. The van der Waals surface area contributed by atoms with E-state index >= 15 is 0 Å². The minimum Gasteiger partial charge on any atom is -0.508 e. The molecule has 3 fully saturated rings. The van der Waals surface area contributed by atoms with Gasteiger partial charge in [0, 0.05) is 0 Å². The lowest BCUT2D eigenvalue weighted by atomic mass is 9.33. The molecule has 0 aliphatic heterocycles. The zero-order chi connectivity index (χ0) is 21.7. The van der Waals surface area contributed by atoms with Crippen molar-refractivity contribution < 1.29 is 10.2 Å². The maximum absolute atomic E-state index is 11.2. The number of hydrogen-bond donors (Lipinski definition) is 2. The SMILES string of the molecule is Cc1c(O)ccc2c1C=CC1C2(C)CCC2(C)C3CC(C)CC(O)C3(C)CCC12C. The van der Waals surface area contributed by atoms with Crippen LogP contribution >= 0.6 is 0 Å². The van der Waals surface area contributed by atoms with Crippen molar-refractivity contribution in [2.75, 3.05) is 0 Å². The Labute approximate surface area is 182 Å². The molecule has 5 rings (SSSR count). The molecule has 8 atom stereocenters. The molecule has 0 saturated heterocycles. The molecule has 0 amide bonds. The topological polar surface area (TPSA) is 40.5 Å². The summed E-state index contributed by atoms with van der Waals surface area (Å²) in [7, 11) is 0. The number of fused-ring (bicyclic) bond motifs is 7. The summed E-state index contributed by atoms with van der Waals surface area (Å²) in [6.45, 7) is 14.4. The van der Waals surface area contributed by atoms with E-state index in [1.807, 2.05) is 13.0 Å². The van der Waals surface area contributed by atoms with Gasteiger partial charge in [0.25, 0.3) is 0 Å². The Morgan fingerprint density at radius 3 is 2.37 bits per heavy atom. The van der Waals surface area contributed by atoms with E-state index in [0.29, 0.717) is 23.5 Å². The first-order valence-corrected chi connectivity index (χ1v) is 12.2. The number of aliphatic hydroxyl groups is 1. The first-order valence-electron chi connectivity index (χ1n) is 12.2. The van der Waals surface area contributed by atoms with Gasteiger partial charge in [0.05, 0.1) is 6.10 Å². The average Bonchev–Trinajstić information content (AvgIpc) is 2.69. The van der Waals surface area contributed by atoms with E-state index in [0.717, 1.165) is 18.4 Å². The molecule has 2 nitrogen and oxygen atoms in total. The number of aromatic hydroxyl groups is 1. The Kier molecular flexibility index (Phi) is 4.23. The van der Waals surface area contributed by atoms with Gasteiger partial charge >= 0.3 is 0 Å². The number of phenolic OH excluding ortho intramolecular Hbond substituents is 1. The minimum absolute atomic E-state index is 0.0627. The van der Waals surface area contributed by atoms with Crippen molar-refractivity contribution in [1.29, 1.82) is 0 Å². The van der Waals surface area contributed by atoms with Crippen LogP contribution in [0, 0.1) is 40.9 Å². The summed E-state index contributed by atoms with van der Waals surface area (Å²) in [5.41, 5.74) is 4.33. The molecule has 2 N–H and O–H groups in total. The van der Waals surface area contributed by atoms with Crippen molar-refractivity contribution in [2.45, 2.75) is 91.6 Å². The van der Waals surface area contributed by atoms with Crippen LogP contribution in [0.1, 0.15) is 89.8 Å². The molecule has 30 heavy (non-hydrogen) atoms. The lowest BCUT2D eigenvalue weighted by Crippen LogP contribution is -2.66. The average molecular weight is 409 g/mol. The first kappa shape index (κ1) is 20.6. The van der Waals surface area contributed by atoms with Crippen molar-refractivity contribution >= 4 is 6.08 Å². The highest BCUT2D eigenvalue weighted by atomic mass is 16.3. The van der Waals surface area contributed by atoms with Crippen LogP contribution in [0.5, 0.6) is 5.75 Å². The predicted molar refractivity (Wildman–Crippen MR) is 123 cm³/mol. The Balaban J connectivity index is 1.63. The quantitative estimate of drug-likeness (QED) is 0.507.